The van der Waals surface area contributed by atoms with Gasteiger partial charge in [0, 0.05) is 5.56 Å². The molecule has 2 rings (SSSR count). The average molecular weight is 302 g/mol. The molecule has 1 heterocycles. The molecule has 0 fully saturated rings. The number of rotatable bonds is 4. The molecule has 112 valence electrons. The molecule has 0 saturated heterocycles. The summed E-state index contributed by atoms with van der Waals surface area (Å²) < 4.78 is 48.7. The maximum absolute atomic E-state index is 12.8. The molecule has 0 aliphatic rings. The van der Waals surface area contributed by atoms with E-state index in [4.69, 9.17) is 0 Å². The molecule has 1 aromatic carbocycles. The summed E-state index contributed by atoms with van der Waals surface area (Å²) in [5.74, 6) is -1.10. The predicted molar refractivity (Wildman–Crippen MR) is 64.3 cm³/mol. The molecule has 1 aromatic heterocycles. The van der Waals surface area contributed by atoms with E-state index in [9.17, 15) is 22.4 Å². The molecule has 0 bridgehead atoms. The van der Waals surface area contributed by atoms with Gasteiger partial charge in [-0.15, -0.1) is 0 Å². The Labute approximate surface area is 116 Å². The minimum absolute atomic E-state index is 0.199. The maximum Gasteiger partial charge on any atom is 0.397 e. The van der Waals surface area contributed by atoms with Gasteiger partial charge < -0.3 is 5.32 Å². The lowest BCUT2D eigenvalue weighted by Crippen LogP contribution is -2.28. The van der Waals surface area contributed by atoms with Crippen LogP contribution < -0.4 is 5.32 Å². The molecular formula is C12H10F4N4O. The number of benzene rings is 1. The van der Waals surface area contributed by atoms with Crippen LogP contribution in [0.5, 0.6) is 0 Å². The number of alkyl halides is 3. The summed E-state index contributed by atoms with van der Waals surface area (Å²) in [5.41, 5.74) is 0.542. The van der Waals surface area contributed by atoms with Gasteiger partial charge in [-0.2, -0.15) is 18.3 Å². The minimum atomic E-state index is -4.55. The van der Waals surface area contributed by atoms with E-state index in [1.165, 1.54) is 24.3 Å². The van der Waals surface area contributed by atoms with E-state index in [2.05, 4.69) is 20.5 Å². The first-order chi connectivity index (χ1) is 9.83. The summed E-state index contributed by atoms with van der Waals surface area (Å²) in [6.07, 6.45) is -6.10. The van der Waals surface area contributed by atoms with Crippen molar-refractivity contribution in [2.45, 2.75) is 19.1 Å². The molecule has 2 N–H and O–H groups in total. The fourth-order valence-electron chi connectivity index (χ4n) is 1.53. The normalized spacial score (nSPS) is 11.4. The summed E-state index contributed by atoms with van der Waals surface area (Å²) in [6.45, 7) is -0.205. The number of carbonyl (C=O) groups is 1. The first-order valence-electron chi connectivity index (χ1n) is 5.84. The predicted octanol–water partition coefficient (Wildman–Crippen LogP) is 2.18. The Morgan fingerprint density at radius 2 is 1.90 bits per heavy atom. The molecule has 21 heavy (non-hydrogen) atoms. The molecule has 2 aromatic rings. The van der Waals surface area contributed by atoms with E-state index in [1.54, 1.807) is 0 Å². The standard InChI is InChI=1S/C12H10F4N4O/c13-8-3-1-7(2-4-8)11-18-9(19-20-11)6-17-10(21)5-12(14,15)16/h1-4H,5-6H2,(H,17,21)(H,18,19,20). The van der Waals surface area contributed by atoms with E-state index in [-0.39, 0.29) is 18.2 Å². The second-order valence-corrected chi connectivity index (χ2v) is 4.18. The highest BCUT2D eigenvalue weighted by molar-refractivity contribution is 5.76. The van der Waals surface area contributed by atoms with E-state index < -0.39 is 24.3 Å². The van der Waals surface area contributed by atoms with Gasteiger partial charge in [-0.1, -0.05) is 0 Å². The van der Waals surface area contributed by atoms with Gasteiger partial charge in [-0.05, 0) is 24.3 Å². The summed E-state index contributed by atoms with van der Waals surface area (Å²) in [6, 6.07) is 5.39. The van der Waals surface area contributed by atoms with Crippen LogP contribution in [0, 0.1) is 5.82 Å². The van der Waals surface area contributed by atoms with Crippen molar-refractivity contribution in [3.05, 3.63) is 35.9 Å². The smallest absolute Gasteiger partial charge is 0.349 e. The monoisotopic (exact) mass is 302 g/mol. The highest BCUT2D eigenvalue weighted by Gasteiger charge is 2.31. The number of carbonyl (C=O) groups excluding carboxylic acids is 1. The summed E-state index contributed by atoms with van der Waals surface area (Å²) >= 11 is 0. The fraction of sp³-hybridized carbons (Fsp3) is 0.250. The molecule has 0 unspecified atom stereocenters. The Morgan fingerprint density at radius 1 is 1.24 bits per heavy atom. The van der Waals surface area contributed by atoms with Gasteiger partial charge in [0.2, 0.25) is 5.91 Å². The number of nitrogens with one attached hydrogen (secondary N) is 2. The van der Waals surface area contributed by atoms with Crippen LogP contribution in [0.25, 0.3) is 11.4 Å². The van der Waals surface area contributed by atoms with Gasteiger partial charge in [0.25, 0.3) is 0 Å². The van der Waals surface area contributed by atoms with Crippen LogP contribution in [-0.4, -0.2) is 27.3 Å². The number of aromatic amines is 1. The summed E-state index contributed by atoms with van der Waals surface area (Å²) in [5, 5.41) is 8.40. The molecule has 0 radical (unpaired) electrons. The quantitative estimate of drug-likeness (QED) is 0.850. The highest BCUT2D eigenvalue weighted by Crippen LogP contribution is 2.19. The molecule has 0 aliphatic heterocycles. The third-order valence-corrected chi connectivity index (χ3v) is 2.45. The number of hydrogen-bond donors (Lipinski definition) is 2. The van der Waals surface area contributed by atoms with Crippen molar-refractivity contribution < 1.29 is 22.4 Å². The lowest BCUT2D eigenvalue weighted by atomic mass is 10.2. The van der Waals surface area contributed by atoms with Gasteiger partial charge in [-0.25, -0.2) is 9.37 Å². The zero-order valence-corrected chi connectivity index (χ0v) is 10.5. The molecule has 0 saturated carbocycles. The molecular weight excluding hydrogens is 292 g/mol. The summed E-state index contributed by atoms with van der Waals surface area (Å²) in [7, 11) is 0. The SMILES string of the molecule is O=C(CC(F)(F)F)NCc1nc(-c2ccc(F)cc2)n[nH]1. The molecule has 9 heteroatoms. The van der Waals surface area contributed by atoms with Crippen molar-refractivity contribution in [3.8, 4) is 11.4 Å². The molecule has 1 amide bonds. The zero-order valence-electron chi connectivity index (χ0n) is 10.5. The van der Waals surface area contributed by atoms with E-state index in [0.717, 1.165) is 0 Å². The fourth-order valence-corrected chi connectivity index (χ4v) is 1.53. The number of hydrogen-bond acceptors (Lipinski definition) is 3. The van der Waals surface area contributed by atoms with Crippen molar-refractivity contribution in [1.29, 1.82) is 0 Å². The molecule has 5 nitrogen and oxygen atoms in total. The van der Waals surface area contributed by atoms with Gasteiger partial charge in [0.15, 0.2) is 5.82 Å². The third-order valence-electron chi connectivity index (χ3n) is 2.45. The second kappa shape index (κ2) is 5.90. The maximum atomic E-state index is 12.8. The Hall–Kier alpha value is -2.45. The second-order valence-electron chi connectivity index (χ2n) is 4.18. The Kier molecular flexibility index (Phi) is 4.20. The zero-order chi connectivity index (χ0) is 15.5. The van der Waals surface area contributed by atoms with Crippen molar-refractivity contribution in [3.63, 3.8) is 0 Å². The summed E-state index contributed by atoms with van der Waals surface area (Å²) in [4.78, 5) is 15.0. The minimum Gasteiger partial charge on any atom is -0.349 e. The van der Waals surface area contributed by atoms with Crippen LogP contribution >= 0.6 is 0 Å². The molecule has 0 spiro atoms. The van der Waals surface area contributed by atoms with Crippen LogP contribution in [-0.2, 0) is 11.3 Å². The Bertz CT molecular complexity index is 621. The van der Waals surface area contributed by atoms with Gasteiger partial charge in [0.1, 0.15) is 18.1 Å². The van der Waals surface area contributed by atoms with Crippen LogP contribution in [0.3, 0.4) is 0 Å². The van der Waals surface area contributed by atoms with Crippen molar-refractivity contribution in [2.75, 3.05) is 0 Å². The third kappa shape index (κ3) is 4.55. The van der Waals surface area contributed by atoms with Crippen LogP contribution in [0.15, 0.2) is 24.3 Å². The number of H-pyrrole nitrogens is 1. The number of aromatic nitrogens is 3. The first-order valence-corrected chi connectivity index (χ1v) is 5.84. The van der Waals surface area contributed by atoms with Crippen molar-refractivity contribution in [1.82, 2.24) is 20.5 Å². The number of amides is 1. The van der Waals surface area contributed by atoms with Crippen LogP contribution in [0.2, 0.25) is 0 Å². The van der Waals surface area contributed by atoms with Crippen molar-refractivity contribution >= 4 is 5.91 Å². The number of nitrogens with zero attached hydrogens (tertiary/aromatic N) is 2. The molecule has 0 aliphatic carbocycles. The highest BCUT2D eigenvalue weighted by atomic mass is 19.4. The van der Waals surface area contributed by atoms with E-state index in [0.29, 0.717) is 5.56 Å². The largest absolute Gasteiger partial charge is 0.397 e. The lowest BCUT2D eigenvalue weighted by molar-refractivity contribution is -0.153. The van der Waals surface area contributed by atoms with Gasteiger partial charge in [0.05, 0.1) is 6.54 Å². The topological polar surface area (TPSA) is 70.7 Å². The van der Waals surface area contributed by atoms with Crippen LogP contribution in [0.1, 0.15) is 12.2 Å². The average Bonchev–Trinajstić information content (AvgIpc) is 2.84. The van der Waals surface area contributed by atoms with Gasteiger partial charge >= 0.3 is 6.18 Å². The van der Waals surface area contributed by atoms with E-state index in [1.807, 2.05) is 0 Å². The Balaban J connectivity index is 1.94. The molecule has 0 atom stereocenters. The van der Waals surface area contributed by atoms with Gasteiger partial charge in [-0.3, -0.25) is 9.89 Å². The van der Waals surface area contributed by atoms with E-state index >= 15 is 0 Å². The first kappa shape index (κ1) is 14.9. The number of halogens is 4. The van der Waals surface area contributed by atoms with Crippen molar-refractivity contribution in [2.24, 2.45) is 0 Å². The Morgan fingerprint density at radius 3 is 2.52 bits per heavy atom. The van der Waals surface area contributed by atoms with Crippen LogP contribution in [0.4, 0.5) is 17.6 Å². The lowest BCUT2D eigenvalue weighted by Gasteiger charge is -2.05.